The zero-order valence-electron chi connectivity index (χ0n) is 6.91. The van der Waals surface area contributed by atoms with Crippen LogP contribution in [0, 0.1) is 0 Å². The van der Waals surface area contributed by atoms with Crippen LogP contribution in [0.25, 0.3) is 0 Å². The maximum absolute atomic E-state index is 10.4. The fourth-order valence-corrected chi connectivity index (χ4v) is 0.955. The third-order valence-electron chi connectivity index (χ3n) is 1.62. The number of hydrogen-bond acceptors (Lipinski definition) is 2. The molecule has 0 bridgehead atoms. The summed E-state index contributed by atoms with van der Waals surface area (Å²) >= 11 is 0. The van der Waals surface area contributed by atoms with Crippen molar-refractivity contribution in [2.24, 2.45) is 5.73 Å². The van der Waals surface area contributed by atoms with Crippen molar-refractivity contribution >= 4 is 5.97 Å². The minimum atomic E-state index is -0.959. The molecular weight excluding hydrogens is 218 g/mol. The van der Waals surface area contributed by atoms with E-state index in [0.29, 0.717) is 6.42 Å². The standard InChI is InChI=1S/C9H11NO2.Cu/c10-8(9(11)12)6-7-4-2-1-3-5-7;/h1-5,8H,6,10H2,(H,11,12);. The van der Waals surface area contributed by atoms with Gasteiger partial charge in [-0.2, -0.15) is 0 Å². The van der Waals surface area contributed by atoms with Gasteiger partial charge in [0.15, 0.2) is 0 Å². The van der Waals surface area contributed by atoms with Gasteiger partial charge in [-0.1, -0.05) is 30.3 Å². The normalized spacial score (nSPS) is 11.5. The molecule has 75 valence electrons. The van der Waals surface area contributed by atoms with E-state index in [9.17, 15) is 4.79 Å². The fourth-order valence-electron chi connectivity index (χ4n) is 0.955. The Hall–Kier alpha value is -0.831. The second-order valence-corrected chi connectivity index (χ2v) is 2.63. The summed E-state index contributed by atoms with van der Waals surface area (Å²) in [4.78, 5) is 10.4. The van der Waals surface area contributed by atoms with Crippen LogP contribution in [-0.4, -0.2) is 17.1 Å². The first-order valence-electron chi connectivity index (χ1n) is 3.72. The fraction of sp³-hybridized carbons (Fsp3) is 0.222. The smallest absolute Gasteiger partial charge is 0.320 e. The topological polar surface area (TPSA) is 63.3 Å². The molecule has 0 fully saturated rings. The molecular formula is C9H11CuNO2. The molecule has 1 aromatic rings. The zero-order valence-corrected chi connectivity index (χ0v) is 7.85. The van der Waals surface area contributed by atoms with Gasteiger partial charge in [-0.15, -0.1) is 0 Å². The Morgan fingerprint density at radius 1 is 1.38 bits per heavy atom. The summed E-state index contributed by atoms with van der Waals surface area (Å²) < 4.78 is 0. The van der Waals surface area contributed by atoms with Crippen LogP contribution in [0.3, 0.4) is 0 Å². The summed E-state index contributed by atoms with van der Waals surface area (Å²) in [5, 5.41) is 8.52. The average molecular weight is 229 g/mol. The van der Waals surface area contributed by atoms with Gasteiger partial charge in [0.25, 0.3) is 0 Å². The van der Waals surface area contributed by atoms with Crippen molar-refractivity contribution in [3.05, 3.63) is 35.9 Å². The van der Waals surface area contributed by atoms with Gasteiger partial charge in [0.1, 0.15) is 6.04 Å². The summed E-state index contributed by atoms with van der Waals surface area (Å²) in [7, 11) is 0. The Morgan fingerprint density at radius 2 is 1.92 bits per heavy atom. The monoisotopic (exact) mass is 228 g/mol. The summed E-state index contributed by atoms with van der Waals surface area (Å²) in [6, 6.07) is 8.54. The van der Waals surface area contributed by atoms with E-state index >= 15 is 0 Å². The maximum atomic E-state index is 10.4. The van der Waals surface area contributed by atoms with Gasteiger partial charge >= 0.3 is 5.97 Å². The molecule has 0 saturated carbocycles. The van der Waals surface area contributed by atoms with E-state index in [4.69, 9.17) is 10.8 Å². The van der Waals surface area contributed by atoms with Crippen LogP contribution in [0.2, 0.25) is 0 Å². The van der Waals surface area contributed by atoms with Crippen LogP contribution in [0.1, 0.15) is 5.56 Å². The van der Waals surface area contributed by atoms with Crippen LogP contribution >= 0.6 is 0 Å². The minimum Gasteiger partial charge on any atom is -0.480 e. The summed E-state index contributed by atoms with van der Waals surface area (Å²) in [5.74, 6) is -0.959. The maximum Gasteiger partial charge on any atom is 0.320 e. The minimum absolute atomic E-state index is 0. The Kier molecular flexibility index (Phi) is 5.39. The number of aliphatic carboxylic acids is 1. The molecule has 0 aliphatic carbocycles. The van der Waals surface area contributed by atoms with Crippen molar-refractivity contribution in [2.75, 3.05) is 0 Å². The molecule has 0 amide bonds. The van der Waals surface area contributed by atoms with Gasteiger partial charge in [0.2, 0.25) is 0 Å². The molecule has 1 rings (SSSR count). The molecule has 1 radical (unpaired) electrons. The molecule has 0 aromatic heterocycles. The number of carboxylic acids is 1. The molecule has 13 heavy (non-hydrogen) atoms. The summed E-state index contributed by atoms with van der Waals surface area (Å²) in [6.45, 7) is 0. The van der Waals surface area contributed by atoms with Crippen LogP contribution in [0.4, 0.5) is 0 Å². The average Bonchev–Trinajstić information content (AvgIpc) is 2.06. The number of carboxylic acid groups (broad SMARTS) is 1. The van der Waals surface area contributed by atoms with Crippen LogP contribution < -0.4 is 5.73 Å². The predicted octanol–water partition coefficient (Wildman–Crippen LogP) is 0.639. The van der Waals surface area contributed by atoms with E-state index in [1.165, 1.54) is 0 Å². The molecule has 3 nitrogen and oxygen atoms in total. The van der Waals surface area contributed by atoms with E-state index in [1.54, 1.807) is 0 Å². The van der Waals surface area contributed by atoms with Crippen molar-refractivity contribution in [2.45, 2.75) is 12.5 Å². The zero-order chi connectivity index (χ0) is 8.97. The molecule has 0 saturated heterocycles. The van der Waals surface area contributed by atoms with Gasteiger partial charge in [0, 0.05) is 17.1 Å². The Bertz CT molecular complexity index is 264. The molecule has 1 unspecified atom stereocenters. The van der Waals surface area contributed by atoms with Crippen molar-refractivity contribution in [1.82, 2.24) is 0 Å². The molecule has 1 atom stereocenters. The second kappa shape index (κ2) is 5.75. The largest absolute Gasteiger partial charge is 0.480 e. The van der Waals surface area contributed by atoms with E-state index < -0.39 is 12.0 Å². The quantitative estimate of drug-likeness (QED) is 0.747. The second-order valence-electron chi connectivity index (χ2n) is 2.63. The third kappa shape index (κ3) is 4.08. The van der Waals surface area contributed by atoms with Crippen molar-refractivity contribution in [1.29, 1.82) is 0 Å². The van der Waals surface area contributed by atoms with E-state index in [0.717, 1.165) is 5.56 Å². The summed E-state index contributed by atoms with van der Waals surface area (Å²) in [5.41, 5.74) is 6.30. The molecule has 3 N–H and O–H groups in total. The van der Waals surface area contributed by atoms with E-state index in [-0.39, 0.29) is 17.1 Å². The first-order valence-corrected chi connectivity index (χ1v) is 3.72. The molecule has 0 spiro atoms. The van der Waals surface area contributed by atoms with Crippen molar-refractivity contribution in [3.63, 3.8) is 0 Å². The molecule has 0 aliphatic heterocycles. The SMILES string of the molecule is NC(Cc1ccccc1)C(=O)O.[Cu]. The number of carbonyl (C=O) groups is 1. The van der Waals surface area contributed by atoms with E-state index in [1.807, 2.05) is 30.3 Å². The molecule has 0 heterocycles. The first kappa shape index (κ1) is 12.2. The van der Waals surface area contributed by atoms with Crippen molar-refractivity contribution < 1.29 is 27.0 Å². The van der Waals surface area contributed by atoms with Gasteiger partial charge in [-0.25, -0.2) is 0 Å². The van der Waals surface area contributed by atoms with Gasteiger partial charge in [-0.3, -0.25) is 4.79 Å². The van der Waals surface area contributed by atoms with Gasteiger partial charge in [0.05, 0.1) is 0 Å². The number of nitrogens with two attached hydrogens (primary N) is 1. The van der Waals surface area contributed by atoms with Gasteiger partial charge in [-0.05, 0) is 12.0 Å². The van der Waals surface area contributed by atoms with Gasteiger partial charge < -0.3 is 10.8 Å². The molecule has 0 aliphatic rings. The first-order chi connectivity index (χ1) is 5.70. The molecule has 1 aromatic carbocycles. The third-order valence-corrected chi connectivity index (χ3v) is 1.62. The number of rotatable bonds is 3. The Balaban J connectivity index is 0.00000144. The van der Waals surface area contributed by atoms with Crippen LogP contribution in [-0.2, 0) is 28.3 Å². The predicted molar refractivity (Wildman–Crippen MR) is 45.8 cm³/mol. The number of hydrogen-bond donors (Lipinski definition) is 2. The number of benzene rings is 1. The molecule has 4 heteroatoms. The Morgan fingerprint density at radius 3 is 2.38 bits per heavy atom. The van der Waals surface area contributed by atoms with Crippen LogP contribution in [0.15, 0.2) is 30.3 Å². The Labute approximate surface area is 87.4 Å². The van der Waals surface area contributed by atoms with Crippen LogP contribution in [0.5, 0.6) is 0 Å². The van der Waals surface area contributed by atoms with Crippen molar-refractivity contribution in [3.8, 4) is 0 Å². The van der Waals surface area contributed by atoms with E-state index in [2.05, 4.69) is 0 Å². The summed E-state index contributed by atoms with van der Waals surface area (Å²) in [6.07, 6.45) is 0.385.